The summed E-state index contributed by atoms with van der Waals surface area (Å²) >= 11 is 1.54. The van der Waals surface area contributed by atoms with E-state index in [2.05, 4.69) is 4.98 Å². The molecule has 5 nitrogen and oxygen atoms in total. The Labute approximate surface area is 152 Å². The Morgan fingerprint density at radius 1 is 1.28 bits per heavy atom. The van der Waals surface area contributed by atoms with Crippen LogP contribution in [0.4, 0.5) is 0 Å². The van der Waals surface area contributed by atoms with Gasteiger partial charge in [0.15, 0.2) is 5.16 Å². The van der Waals surface area contributed by atoms with Gasteiger partial charge >= 0.3 is 0 Å². The first-order valence-electron chi connectivity index (χ1n) is 8.72. The van der Waals surface area contributed by atoms with Gasteiger partial charge in [-0.1, -0.05) is 23.9 Å². The van der Waals surface area contributed by atoms with Crippen LogP contribution in [-0.4, -0.2) is 33.8 Å². The van der Waals surface area contributed by atoms with E-state index < -0.39 is 0 Å². The summed E-state index contributed by atoms with van der Waals surface area (Å²) in [5.41, 5.74) is 0.709. The lowest BCUT2D eigenvalue weighted by molar-refractivity contribution is -0.117. The van der Waals surface area contributed by atoms with E-state index in [1.807, 2.05) is 38.1 Å². The topological polar surface area (TPSA) is 61.2 Å². The van der Waals surface area contributed by atoms with Crippen LogP contribution in [0.1, 0.15) is 40.0 Å². The first-order chi connectivity index (χ1) is 12.0. The number of carbonyl (C=O) groups excluding carboxylic acids is 1. The van der Waals surface area contributed by atoms with E-state index in [1.165, 1.54) is 0 Å². The monoisotopic (exact) mass is 362 g/mol. The third-order valence-corrected chi connectivity index (χ3v) is 4.77. The van der Waals surface area contributed by atoms with Gasteiger partial charge in [-0.3, -0.25) is 9.36 Å². The second kappa shape index (κ2) is 9.73. The summed E-state index contributed by atoms with van der Waals surface area (Å²) in [7, 11) is 0. The lowest BCUT2D eigenvalue weighted by Gasteiger charge is -2.14. The molecule has 0 N–H and O–H groups in total. The van der Waals surface area contributed by atoms with Crippen molar-refractivity contribution in [3.8, 4) is 0 Å². The van der Waals surface area contributed by atoms with Crippen LogP contribution < -0.4 is 5.56 Å². The maximum atomic E-state index is 12.8. The minimum atomic E-state index is -0.00999. The second-order valence-corrected chi connectivity index (χ2v) is 7.36. The minimum Gasteiger partial charge on any atom is -0.379 e. The van der Waals surface area contributed by atoms with E-state index in [0.29, 0.717) is 25.0 Å². The first kappa shape index (κ1) is 19.7. The Hall–Kier alpha value is -1.66. The zero-order chi connectivity index (χ0) is 18.2. The molecular weight excluding hydrogens is 336 g/mol. The standard InChI is InChI=1S/C19H26N2O3S/c1-14(2)24-12-7-11-21-18(23)16-9-4-5-10-17(16)20-19(21)25-13-6-8-15(3)22/h4-5,9-10,14H,6-8,11-13H2,1-3H3. The highest BCUT2D eigenvalue weighted by molar-refractivity contribution is 7.99. The molecule has 2 rings (SSSR count). The van der Waals surface area contributed by atoms with Gasteiger partial charge < -0.3 is 9.53 Å². The summed E-state index contributed by atoms with van der Waals surface area (Å²) < 4.78 is 7.32. The van der Waals surface area contributed by atoms with Crippen molar-refractivity contribution in [1.82, 2.24) is 9.55 Å². The average Bonchev–Trinajstić information content (AvgIpc) is 2.57. The number of ketones is 1. The van der Waals surface area contributed by atoms with E-state index in [1.54, 1.807) is 23.3 Å². The molecule has 0 aliphatic rings. The van der Waals surface area contributed by atoms with Crippen LogP contribution in [0.2, 0.25) is 0 Å². The third kappa shape index (κ3) is 5.97. The normalized spacial score (nSPS) is 11.4. The number of hydrogen-bond acceptors (Lipinski definition) is 5. The minimum absolute atomic E-state index is 0.00999. The molecule has 1 aromatic carbocycles. The smallest absolute Gasteiger partial charge is 0.262 e. The van der Waals surface area contributed by atoms with Gasteiger partial charge in [0.25, 0.3) is 5.56 Å². The molecule has 25 heavy (non-hydrogen) atoms. The predicted molar refractivity (Wildman–Crippen MR) is 102 cm³/mol. The lowest BCUT2D eigenvalue weighted by Crippen LogP contribution is -2.24. The van der Waals surface area contributed by atoms with Crippen molar-refractivity contribution in [3.05, 3.63) is 34.6 Å². The number of aromatic nitrogens is 2. The van der Waals surface area contributed by atoms with E-state index in [9.17, 15) is 9.59 Å². The Balaban J connectivity index is 2.18. The molecule has 0 unspecified atom stereocenters. The molecule has 0 aliphatic carbocycles. The zero-order valence-corrected chi connectivity index (χ0v) is 16.0. The van der Waals surface area contributed by atoms with Crippen molar-refractivity contribution in [2.75, 3.05) is 12.4 Å². The van der Waals surface area contributed by atoms with Gasteiger partial charge in [-0.2, -0.15) is 0 Å². The highest BCUT2D eigenvalue weighted by atomic mass is 32.2. The first-order valence-corrected chi connectivity index (χ1v) is 9.71. The molecular formula is C19H26N2O3S. The molecule has 0 radical (unpaired) electrons. The zero-order valence-electron chi connectivity index (χ0n) is 15.2. The van der Waals surface area contributed by atoms with Crippen LogP contribution in [0.15, 0.2) is 34.2 Å². The summed E-state index contributed by atoms with van der Waals surface area (Å²) in [4.78, 5) is 28.6. The maximum absolute atomic E-state index is 12.8. The van der Waals surface area contributed by atoms with Crippen LogP contribution >= 0.6 is 11.8 Å². The Morgan fingerprint density at radius 3 is 2.76 bits per heavy atom. The number of hydrogen-bond donors (Lipinski definition) is 0. The molecule has 0 saturated carbocycles. The number of Topliss-reactive ketones (excluding diaryl/α,β-unsaturated/α-hetero) is 1. The highest BCUT2D eigenvalue weighted by Crippen LogP contribution is 2.19. The van der Waals surface area contributed by atoms with Crippen molar-refractivity contribution in [3.63, 3.8) is 0 Å². The fourth-order valence-corrected chi connectivity index (χ4v) is 3.45. The number of carbonyl (C=O) groups is 1. The van der Waals surface area contributed by atoms with Gasteiger partial charge in [0, 0.05) is 25.3 Å². The van der Waals surface area contributed by atoms with Crippen molar-refractivity contribution in [2.45, 2.75) is 57.8 Å². The quantitative estimate of drug-likeness (QED) is 0.367. The number of fused-ring (bicyclic) bond motifs is 1. The van der Waals surface area contributed by atoms with Crippen LogP contribution in [-0.2, 0) is 16.1 Å². The van der Waals surface area contributed by atoms with Crippen molar-refractivity contribution < 1.29 is 9.53 Å². The number of benzene rings is 1. The van der Waals surface area contributed by atoms with Crippen molar-refractivity contribution in [1.29, 1.82) is 0 Å². The molecule has 0 saturated heterocycles. The van der Waals surface area contributed by atoms with Crippen LogP contribution in [0.3, 0.4) is 0 Å². The van der Waals surface area contributed by atoms with E-state index in [0.717, 1.165) is 29.3 Å². The molecule has 0 atom stereocenters. The van der Waals surface area contributed by atoms with E-state index in [4.69, 9.17) is 4.74 Å². The summed E-state index contributed by atoms with van der Waals surface area (Å²) in [6.45, 7) is 6.80. The molecule has 2 aromatic rings. The summed E-state index contributed by atoms with van der Waals surface area (Å²) in [6.07, 6.45) is 2.30. The van der Waals surface area contributed by atoms with E-state index in [-0.39, 0.29) is 17.4 Å². The predicted octanol–water partition coefficient (Wildman–Crippen LogP) is 3.67. The molecule has 0 bridgehead atoms. The number of thioether (sulfide) groups is 1. The van der Waals surface area contributed by atoms with Crippen LogP contribution in [0, 0.1) is 0 Å². The molecule has 0 aliphatic heterocycles. The SMILES string of the molecule is CC(=O)CCCSc1nc2ccccc2c(=O)n1CCCOC(C)C. The van der Waals surface area contributed by atoms with Gasteiger partial charge in [-0.25, -0.2) is 4.98 Å². The Morgan fingerprint density at radius 2 is 2.04 bits per heavy atom. The van der Waals surface area contributed by atoms with Gasteiger partial charge in [0.05, 0.1) is 17.0 Å². The molecule has 6 heteroatoms. The van der Waals surface area contributed by atoms with Gasteiger partial charge in [0.1, 0.15) is 5.78 Å². The molecule has 0 spiro atoms. The molecule has 0 fully saturated rings. The largest absolute Gasteiger partial charge is 0.379 e. The lowest BCUT2D eigenvalue weighted by atomic mass is 10.2. The molecule has 136 valence electrons. The van der Waals surface area contributed by atoms with Gasteiger partial charge in [-0.05, 0) is 45.7 Å². The molecule has 0 amide bonds. The van der Waals surface area contributed by atoms with Gasteiger partial charge in [0.2, 0.25) is 0 Å². The van der Waals surface area contributed by atoms with Crippen LogP contribution in [0.5, 0.6) is 0 Å². The fourth-order valence-electron chi connectivity index (χ4n) is 2.48. The number of rotatable bonds is 10. The highest BCUT2D eigenvalue weighted by Gasteiger charge is 2.11. The average molecular weight is 362 g/mol. The summed E-state index contributed by atoms with van der Waals surface area (Å²) in [6, 6.07) is 7.43. The second-order valence-electron chi connectivity index (χ2n) is 6.30. The van der Waals surface area contributed by atoms with Crippen molar-refractivity contribution >= 4 is 28.4 Å². The Bertz CT molecular complexity index is 771. The number of para-hydroxylation sites is 1. The number of nitrogens with zero attached hydrogens (tertiary/aromatic N) is 2. The summed E-state index contributed by atoms with van der Waals surface area (Å²) in [5.74, 6) is 0.961. The maximum Gasteiger partial charge on any atom is 0.262 e. The Kier molecular flexibility index (Phi) is 7.65. The molecule has 1 aromatic heterocycles. The van der Waals surface area contributed by atoms with E-state index >= 15 is 0 Å². The summed E-state index contributed by atoms with van der Waals surface area (Å²) in [5, 5.41) is 1.36. The number of ether oxygens (including phenoxy) is 1. The van der Waals surface area contributed by atoms with Crippen molar-refractivity contribution in [2.24, 2.45) is 0 Å². The van der Waals surface area contributed by atoms with Gasteiger partial charge in [-0.15, -0.1) is 0 Å². The fraction of sp³-hybridized carbons (Fsp3) is 0.526. The van der Waals surface area contributed by atoms with Crippen LogP contribution in [0.25, 0.3) is 10.9 Å². The molecule has 1 heterocycles. The third-order valence-electron chi connectivity index (χ3n) is 3.71.